The molecule has 0 radical (unpaired) electrons. The number of pyridine rings is 1. The summed E-state index contributed by atoms with van der Waals surface area (Å²) in [5.74, 6) is 0.743. The Bertz CT molecular complexity index is 1130. The number of nitrogens with two attached hydrogens (primary N) is 1. The zero-order valence-corrected chi connectivity index (χ0v) is 17.5. The van der Waals surface area contributed by atoms with E-state index in [1.165, 1.54) is 11.0 Å². The molecule has 10 heteroatoms. The van der Waals surface area contributed by atoms with Gasteiger partial charge in [0.2, 0.25) is 0 Å². The number of benzene rings is 1. The number of halogens is 3. The summed E-state index contributed by atoms with van der Waals surface area (Å²) in [4.78, 5) is 19.4. The van der Waals surface area contributed by atoms with Crippen molar-refractivity contribution in [1.82, 2.24) is 15.2 Å². The van der Waals surface area contributed by atoms with E-state index in [0.717, 1.165) is 29.7 Å². The molecule has 0 bridgehead atoms. The number of anilines is 2. The number of primary amides is 1. The standard InChI is InChI=1S/C22H23F3N6O/c1-14-6-8-30(9-7-14)20-16(3-5-19(29-20)22(23,24)25)13-31(21(26)32)18-4-2-15-11-27-28-12-17(15)10-18/h2-5,10-12,14H,6-9,13H2,1H3,(H2,26,32). The summed E-state index contributed by atoms with van der Waals surface area (Å²) < 4.78 is 40.1. The van der Waals surface area contributed by atoms with E-state index < -0.39 is 17.9 Å². The molecule has 1 fully saturated rings. The van der Waals surface area contributed by atoms with Crippen LogP contribution in [0.15, 0.2) is 42.7 Å². The third-order valence-corrected chi connectivity index (χ3v) is 5.77. The maximum Gasteiger partial charge on any atom is 0.433 e. The van der Waals surface area contributed by atoms with Crippen LogP contribution in [0.25, 0.3) is 10.8 Å². The van der Waals surface area contributed by atoms with Crippen molar-refractivity contribution in [2.24, 2.45) is 11.7 Å². The summed E-state index contributed by atoms with van der Waals surface area (Å²) in [7, 11) is 0. The van der Waals surface area contributed by atoms with Crippen LogP contribution < -0.4 is 15.5 Å². The smallest absolute Gasteiger partial charge is 0.356 e. The van der Waals surface area contributed by atoms with E-state index in [-0.39, 0.29) is 12.4 Å². The van der Waals surface area contributed by atoms with Gasteiger partial charge < -0.3 is 10.6 Å². The number of alkyl halides is 3. The fourth-order valence-electron chi connectivity index (χ4n) is 3.87. The number of carbonyl (C=O) groups is 1. The second kappa shape index (κ2) is 8.60. The average Bonchev–Trinajstić information content (AvgIpc) is 2.77. The Balaban J connectivity index is 1.72. The van der Waals surface area contributed by atoms with Crippen LogP contribution in [0.2, 0.25) is 0 Å². The van der Waals surface area contributed by atoms with Crippen LogP contribution in [-0.4, -0.2) is 34.3 Å². The summed E-state index contributed by atoms with van der Waals surface area (Å²) in [6.07, 6.45) is 0.339. The predicted octanol–water partition coefficient (Wildman–Crippen LogP) is 4.37. The molecule has 7 nitrogen and oxygen atoms in total. The molecule has 0 aliphatic carbocycles. The minimum atomic E-state index is -4.56. The van der Waals surface area contributed by atoms with Gasteiger partial charge in [0, 0.05) is 35.1 Å². The van der Waals surface area contributed by atoms with Crippen LogP contribution in [0.3, 0.4) is 0 Å². The molecule has 1 aromatic carbocycles. The molecule has 2 aromatic heterocycles. The van der Waals surface area contributed by atoms with Crippen LogP contribution in [-0.2, 0) is 12.7 Å². The van der Waals surface area contributed by atoms with Crippen molar-refractivity contribution in [1.29, 1.82) is 0 Å². The van der Waals surface area contributed by atoms with Gasteiger partial charge in [-0.2, -0.15) is 23.4 Å². The van der Waals surface area contributed by atoms with E-state index in [1.54, 1.807) is 30.6 Å². The molecular formula is C22H23F3N6O. The van der Waals surface area contributed by atoms with Gasteiger partial charge in [-0.1, -0.05) is 19.1 Å². The first-order chi connectivity index (χ1) is 15.2. The van der Waals surface area contributed by atoms with Gasteiger partial charge in [-0.15, -0.1) is 0 Å². The van der Waals surface area contributed by atoms with Crippen molar-refractivity contribution in [3.8, 4) is 0 Å². The zero-order valence-electron chi connectivity index (χ0n) is 17.5. The molecule has 3 aromatic rings. The lowest BCUT2D eigenvalue weighted by atomic mass is 9.99. The van der Waals surface area contributed by atoms with Crippen molar-refractivity contribution >= 4 is 28.3 Å². The number of hydrogen-bond donors (Lipinski definition) is 1. The molecule has 168 valence electrons. The number of aromatic nitrogens is 3. The summed E-state index contributed by atoms with van der Waals surface area (Å²) in [5.41, 5.74) is 5.71. The molecule has 0 atom stereocenters. The van der Waals surface area contributed by atoms with E-state index >= 15 is 0 Å². The third kappa shape index (κ3) is 4.58. The molecule has 2 N–H and O–H groups in total. The van der Waals surface area contributed by atoms with Crippen LogP contribution in [0.1, 0.15) is 31.0 Å². The minimum Gasteiger partial charge on any atom is -0.356 e. The highest BCUT2D eigenvalue weighted by atomic mass is 19.4. The molecule has 1 aliphatic rings. The van der Waals surface area contributed by atoms with Crippen LogP contribution in [0, 0.1) is 5.92 Å². The van der Waals surface area contributed by atoms with Gasteiger partial charge in [-0.3, -0.25) is 4.90 Å². The Labute approximate surface area is 183 Å². The second-order valence-corrected chi connectivity index (χ2v) is 8.07. The Morgan fingerprint density at radius 1 is 1.12 bits per heavy atom. The van der Waals surface area contributed by atoms with E-state index in [1.807, 2.05) is 4.90 Å². The number of nitrogens with zero attached hydrogens (tertiary/aromatic N) is 5. The highest BCUT2D eigenvalue weighted by molar-refractivity contribution is 5.94. The molecule has 0 spiro atoms. The monoisotopic (exact) mass is 444 g/mol. The Morgan fingerprint density at radius 2 is 1.81 bits per heavy atom. The SMILES string of the molecule is CC1CCN(c2nc(C(F)(F)F)ccc2CN(C(N)=O)c2ccc3cnncc3c2)CC1. The number of amides is 2. The van der Waals surface area contributed by atoms with Crippen molar-refractivity contribution in [2.75, 3.05) is 22.9 Å². The molecular weight excluding hydrogens is 421 g/mol. The average molecular weight is 444 g/mol. The number of piperidine rings is 1. The first kappa shape index (κ1) is 21.8. The Hall–Kier alpha value is -3.43. The topological polar surface area (TPSA) is 88.2 Å². The lowest BCUT2D eigenvalue weighted by molar-refractivity contribution is -0.141. The van der Waals surface area contributed by atoms with Crippen LogP contribution in [0.4, 0.5) is 29.5 Å². The normalized spacial score (nSPS) is 15.2. The maximum absolute atomic E-state index is 13.4. The summed E-state index contributed by atoms with van der Waals surface area (Å²) >= 11 is 0. The van der Waals surface area contributed by atoms with Gasteiger partial charge in [-0.25, -0.2) is 9.78 Å². The molecule has 1 saturated heterocycles. The minimum absolute atomic E-state index is 0.00806. The quantitative estimate of drug-likeness (QED) is 0.646. The highest BCUT2D eigenvalue weighted by Gasteiger charge is 2.34. The predicted molar refractivity (Wildman–Crippen MR) is 115 cm³/mol. The van der Waals surface area contributed by atoms with Crippen LogP contribution in [0.5, 0.6) is 0 Å². The molecule has 2 amide bonds. The van der Waals surface area contributed by atoms with Gasteiger partial charge in [-0.05, 0) is 37.0 Å². The van der Waals surface area contributed by atoms with Gasteiger partial charge in [0.1, 0.15) is 11.5 Å². The zero-order chi connectivity index (χ0) is 22.9. The van der Waals surface area contributed by atoms with Crippen molar-refractivity contribution in [3.63, 3.8) is 0 Å². The summed E-state index contributed by atoms with van der Waals surface area (Å²) in [5, 5.41) is 9.28. The van der Waals surface area contributed by atoms with E-state index in [0.29, 0.717) is 30.3 Å². The number of urea groups is 1. The lowest BCUT2D eigenvalue weighted by Crippen LogP contribution is -2.38. The van der Waals surface area contributed by atoms with Crippen LogP contribution >= 0.6 is 0 Å². The number of hydrogen-bond acceptors (Lipinski definition) is 5. The van der Waals surface area contributed by atoms with E-state index in [4.69, 9.17) is 5.73 Å². The third-order valence-electron chi connectivity index (χ3n) is 5.77. The number of rotatable bonds is 4. The Kier molecular flexibility index (Phi) is 5.86. The van der Waals surface area contributed by atoms with Crippen molar-refractivity contribution < 1.29 is 18.0 Å². The number of fused-ring (bicyclic) bond motifs is 1. The lowest BCUT2D eigenvalue weighted by Gasteiger charge is -2.33. The molecule has 4 rings (SSSR count). The first-order valence-corrected chi connectivity index (χ1v) is 10.3. The highest BCUT2D eigenvalue weighted by Crippen LogP contribution is 2.33. The molecule has 0 unspecified atom stereocenters. The molecule has 32 heavy (non-hydrogen) atoms. The number of carbonyl (C=O) groups excluding carboxylic acids is 1. The maximum atomic E-state index is 13.4. The molecule has 3 heterocycles. The van der Waals surface area contributed by atoms with Crippen molar-refractivity contribution in [3.05, 3.63) is 54.0 Å². The van der Waals surface area contributed by atoms with E-state index in [9.17, 15) is 18.0 Å². The van der Waals surface area contributed by atoms with Crippen molar-refractivity contribution in [2.45, 2.75) is 32.5 Å². The van der Waals surface area contributed by atoms with Gasteiger partial charge in [0.05, 0.1) is 18.9 Å². The largest absolute Gasteiger partial charge is 0.433 e. The van der Waals surface area contributed by atoms with Gasteiger partial charge in [0.25, 0.3) is 0 Å². The Morgan fingerprint density at radius 3 is 2.47 bits per heavy atom. The second-order valence-electron chi connectivity index (χ2n) is 8.07. The van der Waals surface area contributed by atoms with Gasteiger partial charge in [0.15, 0.2) is 0 Å². The summed E-state index contributed by atoms with van der Waals surface area (Å²) in [6.45, 7) is 3.32. The first-order valence-electron chi connectivity index (χ1n) is 10.3. The molecule has 0 saturated carbocycles. The summed E-state index contributed by atoms with van der Waals surface area (Å²) in [6, 6.07) is 6.85. The fraction of sp³-hybridized carbons (Fsp3) is 0.364. The molecule has 1 aliphatic heterocycles. The fourth-order valence-corrected chi connectivity index (χ4v) is 3.87. The van der Waals surface area contributed by atoms with E-state index in [2.05, 4.69) is 22.1 Å². The van der Waals surface area contributed by atoms with Gasteiger partial charge >= 0.3 is 12.2 Å².